The molecule has 1 unspecified atom stereocenters. The van der Waals surface area contributed by atoms with Crippen LogP contribution in [0.4, 0.5) is 0 Å². The summed E-state index contributed by atoms with van der Waals surface area (Å²) in [5.41, 5.74) is 0.551. The van der Waals surface area contributed by atoms with Gasteiger partial charge in [-0.3, -0.25) is 0 Å². The van der Waals surface area contributed by atoms with Crippen molar-refractivity contribution in [3.63, 3.8) is 0 Å². The van der Waals surface area contributed by atoms with E-state index in [9.17, 15) is 8.42 Å². The molecule has 0 saturated heterocycles. The lowest BCUT2D eigenvalue weighted by molar-refractivity contribution is 0.254. The summed E-state index contributed by atoms with van der Waals surface area (Å²) >= 11 is 0. The molecule has 0 bridgehead atoms. The van der Waals surface area contributed by atoms with E-state index in [0.29, 0.717) is 24.0 Å². The molecule has 0 aliphatic rings. The van der Waals surface area contributed by atoms with Gasteiger partial charge in [-0.05, 0) is 24.5 Å². The van der Waals surface area contributed by atoms with Crippen LogP contribution in [0, 0.1) is 5.92 Å². The maximum Gasteiger partial charge on any atom is 0.242 e. The van der Waals surface area contributed by atoms with E-state index in [4.69, 9.17) is 5.11 Å². The molecule has 2 rings (SSSR count). The molecule has 0 aromatic carbocycles. The third-order valence-electron chi connectivity index (χ3n) is 3.38. The number of fused-ring (bicyclic) bond motifs is 1. The highest BCUT2D eigenvalue weighted by Gasteiger charge is 2.20. The molecule has 2 aromatic heterocycles. The van der Waals surface area contributed by atoms with Crippen molar-refractivity contribution in [2.45, 2.75) is 24.7 Å². The van der Waals surface area contributed by atoms with Gasteiger partial charge < -0.3 is 10.1 Å². The van der Waals surface area contributed by atoms with Gasteiger partial charge in [0.05, 0.1) is 0 Å². The van der Waals surface area contributed by atoms with Crippen molar-refractivity contribution in [1.82, 2.24) is 14.7 Å². The van der Waals surface area contributed by atoms with Crippen molar-refractivity contribution in [1.29, 1.82) is 0 Å². The SMILES string of the molecule is CCC(CCO)CNS(=O)(=O)c1c[nH]c2ncccc12. The normalized spacial score (nSPS) is 13.7. The number of aromatic nitrogens is 2. The Balaban J connectivity index is 2.18. The van der Waals surface area contributed by atoms with E-state index in [1.54, 1.807) is 18.3 Å². The monoisotopic (exact) mass is 297 g/mol. The molecule has 0 fully saturated rings. The van der Waals surface area contributed by atoms with Crippen LogP contribution in [-0.2, 0) is 10.0 Å². The molecule has 2 aromatic rings. The Kier molecular flexibility index (Phi) is 4.74. The van der Waals surface area contributed by atoms with E-state index in [1.807, 2.05) is 6.92 Å². The Bertz CT molecular complexity index is 666. The second-order valence-electron chi connectivity index (χ2n) is 4.69. The van der Waals surface area contributed by atoms with Crippen molar-refractivity contribution in [3.8, 4) is 0 Å². The Morgan fingerprint density at radius 2 is 2.30 bits per heavy atom. The van der Waals surface area contributed by atoms with Gasteiger partial charge in [-0.15, -0.1) is 0 Å². The van der Waals surface area contributed by atoms with Gasteiger partial charge in [0, 0.05) is 30.9 Å². The topological polar surface area (TPSA) is 95.1 Å². The number of hydrogen-bond donors (Lipinski definition) is 3. The molecule has 0 amide bonds. The second kappa shape index (κ2) is 6.34. The second-order valence-corrected chi connectivity index (χ2v) is 6.43. The lowest BCUT2D eigenvalue weighted by Gasteiger charge is -2.14. The molecule has 3 N–H and O–H groups in total. The number of aliphatic hydroxyl groups is 1. The zero-order valence-corrected chi connectivity index (χ0v) is 12.2. The molecule has 2 heterocycles. The molecule has 6 nitrogen and oxygen atoms in total. The number of aliphatic hydroxyl groups excluding tert-OH is 1. The number of rotatable bonds is 7. The number of pyridine rings is 1. The summed E-state index contributed by atoms with van der Waals surface area (Å²) in [5.74, 6) is 0.137. The minimum absolute atomic E-state index is 0.0667. The van der Waals surface area contributed by atoms with E-state index < -0.39 is 10.0 Å². The van der Waals surface area contributed by atoms with Crippen LogP contribution in [0.15, 0.2) is 29.4 Å². The van der Waals surface area contributed by atoms with Gasteiger partial charge in [0.1, 0.15) is 10.5 Å². The molecule has 0 spiro atoms. The average molecular weight is 297 g/mol. The fourth-order valence-corrected chi connectivity index (χ4v) is 3.37. The van der Waals surface area contributed by atoms with Crippen LogP contribution in [0.25, 0.3) is 11.0 Å². The van der Waals surface area contributed by atoms with E-state index in [2.05, 4.69) is 14.7 Å². The van der Waals surface area contributed by atoms with Crippen molar-refractivity contribution in [2.75, 3.05) is 13.2 Å². The number of H-pyrrole nitrogens is 1. The molecule has 0 aliphatic carbocycles. The summed E-state index contributed by atoms with van der Waals surface area (Å²) in [4.78, 5) is 7.13. The lowest BCUT2D eigenvalue weighted by atomic mass is 10.0. The fourth-order valence-electron chi connectivity index (χ4n) is 2.09. The average Bonchev–Trinajstić information content (AvgIpc) is 2.88. The van der Waals surface area contributed by atoms with Crippen LogP contribution in [0.3, 0.4) is 0 Å². The zero-order valence-electron chi connectivity index (χ0n) is 11.3. The van der Waals surface area contributed by atoms with Crippen molar-refractivity contribution < 1.29 is 13.5 Å². The van der Waals surface area contributed by atoms with Gasteiger partial charge in [-0.25, -0.2) is 18.1 Å². The van der Waals surface area contributed by atoms with E-state index in [1.165, 1.54) is 6.20 Å². The molecular weight excluding hydrogens is 278 g/mol. The van der Waals surface area contributed by atoms with Crippen LogP contribution >= 0.6 is 0 Å². The largest absolute Gasteiger partial charge is 0.396 e. The molecule has 0 radical (unpaired) electrons. The molecule has 0 aliphatic heterocycles. The van der Waals surface area contributed by atoms with Gasteiger partial charge in [0.15, 0.2) is 0 Å². The predicted octanol–water partition coefficient (Wildman–Crippen LogP) is 1.25. The first-order chi connectivity index (χ1) is 9.58. The van der Waals surface area contributed by atoms with Gasteiger partial charge in [0.2, 0.25) is 10.0 Å². The summed E-state index contributed by atoms with van der Waals surface area (Å²) in [7, 11) is -3.57. The Labute approximate surface area is 118 Å². The zero-order chi connectivity index (χ0) is 14.6. The molecule has 20 heavy (non-hydrogen) atoms. The fraction of sp³-hybridized carbons (Fsp3) is 0.462. The summed E-state index contributed by atoms with van der Waals surface area (Å²) in [6.07, 6.45) is 4.47. The maximum atomic E-state index is 12.3. The van der Waals surface area contributed by atoms with E-state index >= 15 is 0 Å². The highest BCUT2D eigenvalue weighted by atomic mass is 32.2. The first kappa shape index (κ1) is 15.0. The van der Waals surface area contributed by atoms with E-state index in [-0.39, 0.29) is 17.4 Å². The van der Waals surface area contributed by atoms with E-state index in [0.717, 1.165) is 6.42 Å². The first-order valence-corrected chi connectivity index (χ1v) is 8.09. The molecule has 1 atom stereocenters. The van der Waals surface area contributed by atoms with Crippen LogP contribution in [0.2, 0.25) is 0 Å². The van der Waals surface area contributed by atoms with Gasteiger partial charge in [-0.2, -0.15) is 0 Å². The van der Waals surface area contributed by atoms with Crippen LogP contribution in [0.1, 0.15) is 19.8 Å². The van der Waals surface area contributed by atoms with Crippen molar-refractivity contribution >= 4 is 21.1 Å². The highest BCUT2D eigenvalue weighted by Crippen LogP contribution is 2.20. The maximum absolute atomic E-state index is 12.3. The number of aromatic amines is 1. The summed E-state index contributed by atoms with van der Waals surface area (Å²) < 4.78 is 27.2. The third kappa shape index (κ3) is 3.17. The minimum atomic E-state index is -3.57. The minimum Gasteiger partial charge on any atom is -0.396 e. The molecule has 7 heteroatoms. The van der Waals surface area contributed by atoms with Gasteiger partial charge in [-0.1, -0.05) is 13.3 Å². The lowest BCUT2D eigenvalue weighted by Crippen LogP contribution is -2.29. The van der Waals surface area contributed by atoms with Gasteiger partial charge in [0.25, 0.3) is 0 Å². The molecule has 0 saturated carbocycles. The third-order valence-corrected chi connectivity index (χ3v) is 4.84. The Morgan fingerprint density at radius 1 is 1.50 bits per heavy atom. The summed E-state index contributed by atoms with van der Waals surface area (Å²) in [6.45, 7) is 2.37. The number of hydrogen-bond acceptors (Lipinski definition) is 4. The standard InChI is InChI=1S/C13H19N3O3S/c1-2-10(5-7-17)8-16-20(18,19)12-9-15-13-11(12)4-3-6-14-13/h3-4,6,9-10,16-17H,2,5,7-8H2,1H3,(H,14,15). The number of nitrogens with zero attached hydrogens (tertiary/aromatic N) is 1. The number of sulfonamides is 1. The predicted molar refractivity (Wildman–Crippen MR) is 76.8 cm³/mol. The Morgan fingerprint density at radius 3 is 3.00 bits per heavy atom. The van der Waals surface area contributed by atoms with Crippen LogP contribution in [0.5, 0.6) is 0 Å². The van der Waals surface area contributed by atoms with Gasteiger partial charge >= 0.3 is 0 Å². The molecule has 110 valence electrons. The van der Waals surface area contributed by atoms with Crippen LogP contribution < -0.4 is 4.72 Å². The first-order valence-electron chi connectivity index (χ1n) is 6.61. The smallest absolute Gasteiger partial charge is 0.242 e. The Hall–Kier alpha value is -1.44. The quantitative estimate of drug-likeness (QED) is 0.716. The summed E-state index contributed by atoms with van der Waals surface area (Å²) in [5, 5.41) is 9.51. The van der Waals surface area contributed by atoms with Crippen molar-refractivity contribution in [2.24, 2.45) is 5.92 Å². The van der Waals surface area contributed by atoms with Crippen molar-refractivity contribution in [3.05, 3.63) is 24.5 Å². The highest BCUT2D eigenvalue weighted by molar-refractivity contribution is 7.89. The number of nitrogens with one attached hydrogen (secondary N) is 2. The molecular formula is C13H19N3O3S. The summed E-state index contributed by atoms with van der Waals surface area (Å²) in [6, 6.07) is 3.42. The van der Waals surface area contributed by atoms with Crippen LogP contribution in [-0.4, -0.2) is 36.6 Å².